The monoisotopic (exact) mass is 215 g/mol. The van der Waals surface area contributed by atoms with Gasteiger partial charge in [0.1, 0.15) is 0 Å². The van der Waals surface area contributed by atoms with E-state index in [0.29, 0.717) is 11.5 Å². The van der Waals surface area contributed by atoms with Gasteiger partial charge >= 0.3 is 0 Å². The van der Waals surface area contributed by atoms with E-state index in [-0.39, 0.29) is 5.60 Å². The molecule has 1 unspecified atom stereocenters. The second-order valence-electron chi connectivity index (χ2n) is 6.32. The molecule has 0 rings (SSSR count). The molecule has 2 heteroatoms. The van der Waals surface area contributed by atoms with Crippen molar-refractivity contribution < 1.29 is 4.74 Å². The van der Waals surface area contributed by atoms with Crippen LogP contribution in [0.3, 0.4) is 0 Å². The van der Waals surface area contributed by atoms with Gasteiger partial charge in [0.15, 0.2) is 0 Å². The van der Waals surface area contributed by atoms with Crippen LogP contribution in [-0.4, -0.2) is 25.3 Å². The predicted octanol–water partition coefficient (Wildman–Crippen LogP) is 3.22. The lowest BCUT2D eigenvalue weighted by atomic mass is 9.83. The molecule has 1 atom stereocenters. The Bertz CT molecular complexity index is 170. The second-order valence-corrected chi connectivity index (χ2v) is 6.32. The topological polar surface area (TPSA) is 21.3 Å². The summed E-state index contributed by atoms with van der Waals surface area (Å²) in [6.07, 6.45) is 2.16. The summed E-state index contributed by atoms with van der Waals surface area (Å²) in [6.45, 7) is 14.2. The van der Waals surface area contributed by atoms with E-state index < -0.39 is 0 Å². The second kappa shape index (κ2) is 5.86. The molecule has 15 heavy (non-hydrogen) atoms. The van der Waals surface area contributed by atoms with Crippen molar-refractivity contribution in [2.75, 3.05) is 13.7 Å². The largest absolute Gasteiger partial charge is 0.375 e. The highest BCUT2D eigenvalue weighted by Gasteiger charge is 2.25. The lowest BCUT2D eigenvalue weighted by Crippen LogP contribution is -2.32. The molecule has 0 aromatic carbocycles. The van der Waals surface area contributed by atoms with Gasteiger partial charge in [-0.25, -0.2) is 0 Å². The summed E-state index contributed by atoms with van der Waals surface area (Å²) in [4.78, 5) is 0. The first-order valence-corrected chi connectivity index (χ1v) is 5.97. The molecule has 0 amide bonds. The van der Waals surface area contributed by atoms with Crippen molar-refractivity contribution >= 4 is 0 Å². The molecule has 0 spiro atoms. The third-order valence-electron chi connectivity index (χ3n) is 2.49. The fourth-order valence-corrected chi connectivity index (χ4v) is 1.98. The van der Waals surface area contributed by atoms with Gasteiger partial charge < -0.3 is 10.1 Å². The zero-order valence-electron chi connectivity index (χ0n) is 11.6. The Morgan fingerprint density at radius 2 is 1.67 bits per heavy atom. The van der Waals surface area contributed by atoms with Crippen molar-refractivity contribution in [3.63, 3.8) is 0 Å². The van der Waals surface area contributed by atoms with Crippen LogP contribution in [0.15, 0.2) is 0 Å². The average molecular weight is 215 g/mol. The Morgan fingerprint density at radius 3 is 2.07 bits per heavy atom. The van der Waals surface area contributed by atoms with Crippen LogP contribution in [-0.2, 0) is 4.74 Å². The summed E-state index contributed by atoms with van der Waals surface area (Å²) < 4.78 is 5.94. The molecule has 0 aliphatic heterocycles. The average Bonchev–Trinajstić information content (AvgIpc) is 1.98. The highest BCUT2D eigenvalue weighted by molar-refractivity contribution is 4.77. The van der Waals surface area contributed by atoms with Crippen molar-refractivity contribution in [3.05, 3.63) is 0 Å². The molecule has 0 aromatic rings. The van der Waals surface area contributed by atoms with Gasteiger partial charge in [0.25, 0.3) is 0 Å². The molecule has 1 N–H and O–H groups in total. The van der Waals surface area contributed by atoms with E-state index in [9.17, 15) is 0 Å². The predicted molar refractivity (Wildman–Crippen MR) is 67.2 cm³/mol. The van der Waals surface area contributed by atoms with Gasteiger partial charge in [0, 0.05) is 12.6 Å². The van der Waals surface area contributed by atoms with Gasteiger partial charge in [-0.1, -0.05) is 20.8 Å². The molecule has 92 valence electrons. The Balaban J connectivity index is 3.84. The van der Waals surface area contributed by atoms with E-state index in [1.165, 1.54) is 0 Å². The van der Waals surface area contributed by atoms with Crippen molar-refractivity contribution in [3.8, 4) is 0 Å². The summed E-state index contributed by atoms with van der Waals surface area (Å²) in [7, 11) is 1.99. The quantitative estimate of drug-likeness (QED) is 0.734. The van der Waals surface area contributed by atoms with E-state index in [0.717, 1.165) is 19.4 Å². The first-order chi connectivity index (χ1) is 6.66. The van der Waals surface area contributed by atoms with E-state index in [1.807, 2.05) is 7.05 Å². The Labute approximate surface area is 95.8 Å². The Morgan fingerprint density at radius 1 is 1.13 bits per heavy atom. The van der Waals surface area contributed by atoms with Gasteiger partial charge in [-0.15, -0.1) is 0 Å². The van der Waals surface area contributed by atoms with Crippen LogP contribution in [0.25, 0.3) is 0 Å². The standard InChI is InChI=1S/C13H29NO/c1-11(14-7)8-9-15-13(5,6)10-12(2,3)4/h11,14H,8-10H2,1-7H3. The van der Waals surface area contributed by atoms with E-state index in [4.69, 9.17) is 4.74 Å². The van der Waals surface area contributed by atoms with Gasteiger partial charge in [0.2, 0.25) is 0 Å². The van der Waals surface area contributed by atoms with Crippen LogP contribution in [0, 0.1) is 5.41 Å². The van der Waals surface area contributed by atoms with Crippen molar-refractivity contribution in [1.29, 1.82) is 0 Å². The molecule has 2 nitrogen and oxygen atoms in total. The third-order valence-corrected chi connectivity index (χ3v) is 2.49. The molecule has 0 radical (unpaired) electrons. The van der Waals surface area contributed by atoms with Crippen LogP contribution in [0.2, 0.25) is 0 Å². The lowest BCUT2D eigenvalue weighted by molar-refractivity contribution is -0.0457. The lowest BCUT2D eigenvalue weighted by Gasteiger charge is -2.32. The fraction of sp³-hybridized carbons (Fsp3) is 1.00. The summed E-state index contributed by atoms with van der Waals surface area (Å²) in [5, 5.41) is 3.22. The summed E-state index contributed by atoms with van der Waals surface area (Å²) in [5.74, 6) is 0. The zero-order chi connectivity index (χ0) is 12.1. The molecular formula is C13H29NO. The minimum atomic E-state index is -0.00822. The highest BCUT2D eigenvalue weighted by atomic mass is 16.5. The van der Waals surface area contributed by atoms with Gasteiger partial charge in [-0.05, 0) is 46.1 Å². The van der Waals surface area contributed by atoms with Crippen LogP contribution in [0.5, 0.6) is 0 Å². The maximum atomic E-state index is 5.94. The number of rotatable bonds is 6. The van der Waals surface area contributed by atoms with Gasteiger partial charge in [-0.3, -0.25) is 0 Å². The smallest absolute Gasteiger partial charge is 0.0631 e. The van der Waals surface area contributed by atoms with Crippen LogP contribution in [0.1, 0.15) is 54.4 Å². The first-order valence-electron chi connectivity index (χ1n) is 5.97. The summed E-state index contributed by atoms with van der Waals surface area (Å²) in [5.41, 5.74) is 0.323. The first kappa shape index (κ1) is 14.9. The Kier molecular flexibility index (Phi) is 5.82. The number of ether oxygens (including phenoxy) is 1. The summed E-state index contributed by atoms with van der Waals surface area (Å²) >= 11 is 0. The van der Waals surface area contributed by atoms with Crippen LogP contribution >= 0.6 is 0 Å². The molecule has 0 saturated heterocycles. The number of nitrogens with one attached hydrogen (secondary N) is 1. The Hall–Kier alpha value is -0.0800. The van der Waals surface area contributed by atoms with Crippen molar-refractivity contribution in [2.24, 2.45) is 5.41 Å². The highest BCUT2D eigenvalue weighted by Crippen LogP contribution is 2.29. The maximum Gasteiger partial charge on any atom is 0.0631 e. The molecule has 0 fully saturated rings. The summed E-state index contributed by atoms with van der Waals surface area (Å²) in [6, 6.07) is 0.537. The van der Waals surface area contributed by atoms with Gasteiger partial charge in [-0.2, -0.15) is 0 Å². The van der Waals surface area contributed by atoms with E-state index >= 15 is 0 Å². The molecule has 0 aliphatic rings. The van der Waals surface area contributed by atoms with Crippen molar-refractivity contribution in [2.45, 2.75) is 66.0 Å². The van der Waals surface area contributed by atoms with Crippen LogP contribution < -0.4 is 5.32 Å². The third kappa shape index (κ3) is 8.88. The molecular weight excluding hydrogens is 186 g/mol. The van der Waals surface area contributed by atoms with Gasteiger partial charge in [0.05, 0.1) is 5.60 Å². The molecule has 0 aliphatic carbocycles. The molecule has 0 heterocycles. The van der Waals surface area contributed by atoms with Crippen LogP contribution in [0.4, 0.5) is 0 Å². The normalized spacial score (nSPS) is 15.4. The van der Waals surface area contributed by atoms with Crippen molar-refractivity contribution in [1.82, 2.24) is 5.32 Å². The molecule has 0 saturated carbocycles. The SMILES string of the molecule is CNC(C)CCOC(C)(C)CC(C)(C)C. The van der Waals surface area contributed by atoms with E-state index in [2.05, 4.69) is 46.9 Å². The minimum Gasteiger partial charge on any atom is -0.375 e. The zero-order valence-corrected chi connectivity index (χ0v) is 11.6. The fourth-order valence-electron chi connectivity index (χ4n) is 1.98. The minimum absolute atomic E-state index is 0.00822. The number of hydrogen-bond donors (Lipinski definition) is 1. The maximum absolute atomic E-state index is 5.94. The molecule has 0 aromatic heterocycles. The number of hydrogen-bond acceptors (Lipinski definition) is 2. The molecule has 0 bridgehead atoms. The van der Waals surface area contributed by atoms with E-state index in [1.54, 1.807) is 0 Å².